The fraction of sp³-hybridized carbons (Fsp3) is 0. The molecule has 11 aromatic rings. The van der Waals surface area contributed by atoms with Crippen molar-refractivity contribution in [1.82, 2.24) is 24.1 Å². The second kappa shape index (κ2) is 13.0. The minimum Gasteiger partial charge on any atom is -0.309 e. The van der Waals surface area contributed by atoms with Crippen molar-refractivity contribution in [1.29, 1.82) is 0 Å². The van der Waals surface area contributed by atoms with Crippen molar-refractivity contribution in [3.63, 3.8) is 0 Å². The summed E-state index contributed by atoms with van der Waals surface area (Å²) in [5.41, 5.74) is 15.2. The molecule has 0 saturated heterocycles. The first-order valence-electron chi connectivity index (χ1n) is 18.8. The summed E-state index contributed by atoms with van der Waals surface area (Å²) in [5.74, 6) is 0. The fourth-order valence-electron chi connectivity index (χ4n) is 8.31. The van der Waals surface area contributed by atoms with E-state index in [-0.39, 0.29) is 0 Å². The lowest BCUT2D eigenvalue weighted by atomic mass is 9.98. The Kier molecular flexibility index (Phi) is 7.42. The van der Waals surface area contributed by atoms with Crippen molar-refractivity contribution in [2.75, 3.05) is 0 Å². The van der Waals surface area contributed by atoms with Crippen LogP contribution < -0.4 is 0 Å². The number of aromatic nitrogens is 5. The largest absolute Gasteiger partial charge is 0.309 e. The van der Waals surface area contributed by atoms with Crippen molar-refractivity contribution < 1.29 is 0 Å². The van der Waals surface area contributed by atoms with Crippen LogP contribution in [0.5, 0.6) is 0 Å². The van der Waals surface area contributed by atoms with E-state index in [0.29, 0.717) is 0 Å². The monoisotopic (exact) mass is 715 g/mol. The third kappa shape index (κ3) is 5.29. The Hall–Kier alpha value is -7.63. The third-order valence-electron chi connectivity index (χ3n) is 10.9. The van der Waals surface area contributed by atoms with Crippen LogP contribution >= 0.6 is 0 Å². The third-order valence-corrected chi connectivity index (χ3v) is 10.9. The first-order chi connectivity index (χ1) is 27.8. The average Bonchev–Trinajstić information content (AvgIpc) is 3.80. The van der Waals surface area contributed by atoms with Gasteiger partial charge in [-0.25, -0.2) is 4.98 Å². The van der Waals surface area contributed by atoms with Gasteiger partial charge in [-0.2, -0.15) is 0 Å². The number of benzene rings is 6. The Morgan fingerprint density at radius 1 is 0.286 bits per heavy atom. The predicted octanol–water partition coefficient (Wildman–Crippen LogP) is 12.7. The van der Waals surface area contributed by atoms with Gasteiger partial charge in [0.1, 0.15) is 0 Å². The molecule has 0 N–H and O–H groups in total. The second-order valence-electron chi connectivity index (χ2n) is 14.2. The summed E-state index contributed by atoms with van der Waals surface area (Å²) in [5, 5.41) is 4.96. The zero-order chi connectivity index (χ0) is 37.0. The highest BCUT2D eigenvalue weighted by Crippen LogP contribution is 2.38. The zero-order valence-electron chi connectivity index (χ0n) is 30.3. The highest BCUT2D eigenvalue weighted by Gasteiger charge is 2.17. The van der Waals surface area contributed by atoms with Gasteiger partial charge >= 0.3 is 0 Å². The summed E-state index contributed by atoms with van der Waals surface area (Å²) < 4.78 is 4.82. The Labute approximate surface area is 323 Å². The van der Waals surface area contributed by atoms with Crippen LogP contribution in [-0.4, -0.2) is 24.1 Å². The summed E-state index contributed by atoms with van der Waals surface area (Å²) in [6, 6.07) is 63.1. The maximum absolute atomic E-state index is 5.16. The fourth-order valence-corrected chi connectivity index (χ4v) is 8.31. The SMILES string of the molecule is c1ccc2c(c1)c1ccccc1n2-c1cc(-c2ccc(-c3cc(-c4ccncc4)cc(-c4ccncc4)n3)cc2)cc(-n2c3ccccc3c3ccccc32)c1. The van der Waals surface area contributed by atoms with Gasteiger partial charge in [-0.15, -0.1) is 0 Å². The molecule has 0 unspecified atom stereocenters. The molecule has 5 heteroatoms. The molecule has 11 rings (SSSR count). The first kappa shape index (κ1) is 31.9. The number of pyridine rings is 3. The van der Waals surface area contributed by atoms with Gasteiger partial charge < -0.3 is 9.13 Å². The number of rotatable bonds is 6. The molecular formula is C51H33N5. The van der Waals surface area contributed by atoms with Crippen LogP contribution in [-0.2, 0) is 0 Å². The van der Waals surface area contributed by atoms with Crippen molar-refractivity contribution in [2.24, 2.45) is 0 Å². The highest BCUT2D eigenvalue weighted by molar-refractivity contribution is 6.10. The van der Waals surface area contributed by atoms with Gasteiger partial charge in [0.25, 0.3) is 0 Å². The topological polar surface area (TPSA) is 48.5 Å². The predicted molar refractivity (Wildman–Crippen MR) is 230 cm³/mol. The van der Waals surface area contributed by atoms with Crippen molar-refractivity contribution in [2.45, 2.75) is 0 Å². The molecule has 5 aromatic heterocycles. The van der Waals surface area contributed by atoms with E-state index in [2.05, 4.69) is 171 Å². The molecule has 0 aliphatic rings. The standard InChI is InChI=1S/C51H33N5/c1-5-13-48-42(9-1)43-10-2-6-14-49(43)55(48)40-29-38(30-41(33-40)56-50-15-7-3-11-44(50)45-12-4-8-16-51(45)56)34-17-19-36(20-18-34)46-31-39(35-21-25-52-26-22-35)32-47(54-46)37-23-27-53-28-24-37/h1-33H. The molecular weight excluding hydrogens is 683 g/mol. The number of hydrogen-bond donors (Lipinski definition) is 0. The van der Waals surface area contributed by atoms with Gasteiger partial charge in [0.15, 0.2) is 0 Å². The number of nitrogens with zero attached hydrogens (tertiary/aromatic N) is 5. The van der Waals surface area contributed by atoms with Gasteiger partial charge in [-0.3, -0.25) is 9.97 Å². The van der Waals surface area contributed by atoms with E-state index in [1.165, 1.54) is 43.6 Å². The summed E-state index contributed by atoms with van der Waals surface area (Å²) in [7, 11) is 0. The minimum absolute atomic E-state index is 0.899. The van der Waals surface area contributed by atoms with Crippen LogP contribution in [0.4, 0.5) is 0 Å². The number of fused-ring (bicyclic) bond motifs is 6. The van der Waals surface area contributed by atoms with E-state index in [4.69, 9.17) is 4.98 Å². The molecule has 0 radical (unpaired) electrons. The van der Waals surface area contributed by atoms with Gasteiger partial charge in [0, 0.05) is 68.8 Å². The van der Waals surface area contributed by atoms with Gasteiger partial charge in [-0.1, -0.05) is 97.1 Å². The molecule has 0 spiro atoms. The second-order valence-corrected chi connectivity index (χ2v) is 14.2. The molecule has 262 valence electrons. The van der Waals surface area contributed by atoms with Crippen LogP contribution in [0.15, 0.2) is 201 Å². The zero-order valence-corrected chi connectivity index (χ0v) is 30.3. The van der Waals surface area contributed by atoms with E-state index >= 15 is 0 Å². The van der Waals surface area contributed by atoms with Crippen LogP contribution in [0.25, 0.3) is 99.8 Å². The van der Waals surface area contributed by atoms with E-state index in [1.807, 2.05) is 49.1 Å². The van der Waals surface area contributed by atoms with Gasteiger partial charge in [0.05, 0.1) is 33.5 Å². The molecule has 0 bridgehead atoms. The van der Waals surface area contributed by atoms with Gasteiger partial charge in [0.2, 0.25) is 0 Å². The van der Waals surface area contributed by atoms with E-state index in [9.17, 15) is 0 Å². The van der Waals surface area contributed by atoms with Gasteiger partial charge in [-0.05, 0) is 101 Å². The molecule has 0 aliphatic heterocycles. The minimum atomic E-state index is 0.899. The molecule has 0 aliphatic carbocycles. The Bertz CT molecular complexity index is 2940. The quantitative estimate of drug-likeness (QED) is 0.172. The molecule has 5 heterocycles. The molecule has 0 amide bonds. The highest BCUT2D eigenvalue weighted by atomic mass is 15.0. The summed E-state index contributed by atoms with van der Waals surface area (Å²) >= 11 is 0. The van der Waals surface area contributed by atoms with Crippen LogP contribution in [0.2, 0.25) is 0 Å². The van der Waals surface area contributed by atoms with E-state index in [0.717, 1.165) is 56.1 Å². The van der Waals surface area contributed by atoms with Crippen molar-refractivity contribution in [3.05, 3.63) is 201 Å². The Morgan fingerprint density at radius 3 is 1.07 bits per heavy atom. The maximum atomic E-state index is 5.16. The van der Waals surface area contributed by atoms with Crippen LogP contribution in [0, 0.1) is 0 Å². The summed E-state index contributed by atoms with van der Waals surface area (Å²) in [6.45, 7) is 0. The van der Waals surface area contributed by atoms with E-state index in [1.54, 1.807) is 0 Å². The normalized spacial score (nSPS) is 11.6. The lowest BCUT2D eigenvalue weighted by Crippen LogP contribution is -2.00. The Morgan fingerprint density at radius 2 is 0.625 bits per heavy atom. The Balaban J connectivity index is 1.11. The summed E-state index contributed by atoms with van der Waals surface area (Å²) in [4.78, 5) is 13.6. The van der Waals surface area contributed by atoms with Crippen LogP contribution in [0.1, 0.15) is 0 Å². The molecule has 0 fully saturated rings. The first-order valence-corrected chi connectivity index (χ1v) is 18.8. The smallest absolute Gasteiger partial charge is 0.0716 e. The lowest BCUT2D eigenvalue weighted by molar-refractivity contribution is 1.13. The maximum Gasteiger partial charge on any atom is 0.0716 e. The number of para-hydroxylation sites is 4. The molecule has 5 nitrogen and oxygen atoms in total. The van der Waals surface area contributed by atoms with E-state index < -0.39 is 0 Å². The van der Waals surface area contributed by atoms with Crippen molar-refractivity contribution in [3.8, 4) is 56.1 Å². The lowest BCUT2D eigenvalue weighted by Gasteiger charge is -2.16. The molecule has 0 atom stereocenters. The molecule has 0 saturated carbocycles. The average molecular weight is 716 g/mol. The number of hydrogen-bond acceptors (Lipinski definition) is 3. The molecule has 6 aromatic carbocycles. The molecule has 56 heavy (non-hydrogen) atoms. The van der Waals surface area contributed by atoms with Crippen molar-refractivity contribution >= 4 is 43.6 Å². The van der Waals surface area contributed by atoms with Crippen LogP contribution in [0.3, 0.4) is 0 Å². The summed E-state index contributed by atoms with van der Waals surface area (Å²) in [6.07, 6.45) is 7.28.